The molecule has 0 radical (unpaired) electrons. The molecule has 0 aliphatic heterocycles. The van der Waals surface area contributed by atoms with E-state index in [0.717, 1.165) is 109 Å². The highest BCUT2D eigenvalue weighted by Gasteiger charge is 2.19. The molecule has 0 N–H and O–H groups in total. The van der Waals surface area contributed by atoms with Gasteiger partial charge in [0.05, 0.1) is 0 Å². The standard InChI is InChI=1S/C71H124O6/c1-4-7-10-13-16-19-22-24-25-26-27-28-29-30-31-32-33-34-35-36-37-38-39-40-41-42-43-44-45-47-49-52-55-58-61-64-70(73)76-67-68(66-75-69(72)63-60-57-54-51-48-21-18-15-12-9-6-3)77-71(74)65-62-59-56-53-50-46-23-20-17-14-11-8-5-2/h7-8,10-11,16-17,19-20,24-25,27-28,46,50,68H,4-6,9,12-15,18,21-23,26,29-45,47-49,51-67H2,1-3H3/b10-7-,11-8-,19-16-,20-17-,25-24-,28-27-,50-46-. The Morgan fingerprint density at radius 1 is 0.273 bits per heavy atom. The number of rotatable bonds is 60. The van der Waals surface area contributed by atoms with Crippen molar-refractivity contribution in [3.05, 3.63) is 85.1 Å². The van der Waals surface area contributed by atoms with Gasteiger partial charge in [0.15, 0.2) is 6.10 Å². The van der Waals surface area contributed by atoms with E-state index >= 15 is 0 Å². The predicted molar refractivity (Wildman–Crippen MR) is 334 cm³/mol. The first-order chi connectivity index (χ1) is 38.0. The Kier molecular flexibility index (Phi) is 62.2. The number of esters is 3. The highest BCUT2D eigenvalue weighted by molar-refractivity contribution is 5.71. The van der Waals surface area contributed by atoms with Crippen LogP contribution >= 0.6 is 0 Å². The van der Waals surface area contributed by atoms with Crippen LogP contribution in [-0.2, 0) is 28.6 Å². The summed E-state index contributed by atoms with van der Waals surface area (Å²) in [7, 11) is 0. The number of allylic oxidation sites excluding steroid dienone is 14. The summed E-state index contributed by atoms with van der Waals surface area (Å²) in [5.41, 5.74) is 0. The molecule has 0 amide bonds. The Bertz CT molecular complexity index is 1470. The molecule has 0 aliphatic carbocycles. The number of hydrogen-bond donors (Lipinski definition) is 0. The molecule has 0 aromatic heterocycles. The van der Waals surface area contributed by atoms with E-state index in [0.29, 0.717) is 19.3 Å². The Labute approximate surface area is 477 Å². The SMILES string of the molecule is CC/C=C\C/C=C\C/C=C\C/C=C\CCCCCCCCCCCCCCCCCCCCCCCCC(=O)OCC(COC(=O)CCCCCCCCCCCCC)OC(=O)CCCCC/C=C\C/C=C\C/C=C\CC. The third kappa shape index (κ3) is 63.3. The Morgan fingerprint density at radius 3 is 0.805 bits per heavy atom. The monoisotopic (exact) mass is 1070 g/mol. The molecular weight excluding hydrogens is 949 g/mol. The van der Waals surface area contributed by atoms with E-state index in [1.54, 1.807) is 0 Å². The lowest BCUT2D eigenvalue weighted by Crippen LogP contribution is -2.30. The van der Waals surface area contributed by atoms with Crippen molar-refractivity contribution in [3.63, 3.8) is 0 Å². The van der Waals surface area contributed by atoms with Gasteiger partial charge >= 0.3 is 17.9 Å². The van der Waals surface area contributed by atoms with Crippen molar-refractivity contribution in [2.24, 2.45) is 0 Å². The van der Waals surface area contributed by atoms with Crippen molar-refractivity contribution in [1.29, 1.82) is 0 Å². The first kappa shape index (κ1) is 73.6. The predicted octanol–water partition coefficient (Wildman–Crippen LogP) is 22.7. The van der Waals surface area contributed by atoms with E-state index in [4.69, 9.17) is 14.2 Å². The molecule has 0 rings (SSSR count). The maximum atomic E-state index is 12.8. The normalized spacial score (nSPS) is 12.6. The molecule has 6 nitrogen and oxygen atoms in total. The van der Waals surface area contributed by atoms with Crippen LogP contribution in [-0.4, -0.2) is 37.2 Å². The van der Waals surface area contributed by atoms with Gasteiger partial charge in [-0.05, 0) is 89.9 Å². The van der Waals surface area contributed by atoms with Crippen LogP contribution < -0.4 is 0 Å². The van der Waals surface area contributed by atoms with Crippen molar-refractivity contribution in [3.8, 4) is 0 Å². The minimum atomic E-state index is -0.787. The quantitative estimate of drug-likeness (QED) is 0.0261. The highest BCUT2D eigenvalue weighted by atomic mass is 16.6. The van der Waals surface area contributed by atoms with Gasteiger partial charge < -0.3 is 14.2 Å². The van der Waals surface area contributed by atoms with E-state index < -0.39 is 6.10 Å². The second kappa shape index (κ2) is 65.1. The molecule has 77 heavy (non-hydrogen) atoms. The number of carbonyl (C=O) groups excluding carboxylic acids is 3. The smallest absolute Gasteiger partial charge is 0.306 e. The summed E-state index contributed by atoms with van der Waals surface area (Å²) in [5.74, 6) is -0.899. The van der Waals surface area contributed by atoms with E-state index in [2.05, 4.69) is 106 Å². The fourth-order valence-corrected chi connectivity index (χ4v) is 9.51. The van der Waals surface area contributed by atoms with Crippen molar-refractivity contribution in [2.75, 3.05) is 13.2 Å². The lowest BCUT2D eigenvalue weighted by atomic mass is 10.0. The Morgan fingerprint density at radius 2 is 0.506 bits per heavy atom. The molecule has 0 saturated carbocycles. The van der Waals surface area contributed by atoms with Gasteiger partial charge in [0.25, 0.3) is 0 Å². The number of carbonyl (C=O) groups is 3. The van der Waals surface area contributed by atoms with Gasteiger partial charge in [0, 0.05) is 19.3 Å². The molecule has 0 aliphatic rings. The van der Waals surface area contributed by atoms with Gasteiger partial charge in [-0.25, -0.2) is 0 Å². The zero-order valence-corrected chi connectivity index (χ0v) is 51.0. The van der Waals surface area contributed by atoms with Crippen molar-refractivity contribution in [1.82, 2.24) is 0 Å². The summed E-state index contributed by atoms with van der Waals surface area (Å²) in [4.78, 5) is 38.1. The lowest BCUT2D eigenvalue weighted by molar-refractivity contribution is -0.167. The average molecular weight is 1070 g/mol. The average Bonchev–Trinajstić information content (AvgIpc) is 3.43. The maximum Gasteiger partial charge on any atom is 0.306 e. The first-order valence-corrected chi connectivity index (χ1v) is 33.1. The first-order valence-electron chi connectivity index (χ1n) is 33.1. The van der Waals surface area contributed by atoms with Gasteiger partial charge in [-0.15, -0.1) is 0 Å². The van der Waals surface area contributed by atoms with Gasteiger partial charge in [0.1, 0.15) is 13.2 Å². The van der Waals surface area contributed by atoms with Crippen molar-refractivity contribution >= 4 is 17.9 Å². The largest absolute Gasteiger partial charge is 0.462 e. The molecule has 0 aromatic rings. The maximum absolute atomic E-state index is 12.8. The minimum absolute atomic E-state index is 0.0830. The molecule has 0 spiro atoms. The van der Waals surface area contributed by atoms with E-state index in [-0.39, 0.29) is 31.1 Å². The molecular formula is C71H124O6. The van der Waals surface area contributed by atoms with E-state index in [1.807, 2.05) is 0 Å². The summed E-state index contributed by atoms with van der Waals surface area (Å²) < 4.78 is 16.9. The third-order valence-electron chi connectivity index (χ3n) is 14.4. The topological polar surface area (TPSA) is 78.9 Å². The molecule has 444 valence electrons. The summed E-state index contributed by atoms with van der Waals surface area (Å²) in [6, 6.07) is 0. The zero-order valence-electron chi connectivity index (χ0n) is 51.0. The van der Waals surface area contributed by atoms with E-state index in [1.165, 1.54) is 180 Å². The number of hydrogen-bond acceptors (Lipinski definition) is 6. The molecule has 0 bridgehead atoms. The molecule has 6 heteroatoms. The summed E-state index contributed by atoms with van der Waals surface area (Å²) >= 11 is 0. The van der Waals surface area contributed by atoms with Crippen LogP contribution in [0.3, 0.4) is 0 Å². The molecule has 1 unspecified atom stereocenters. The van der Waals surface area contributed by atoms with Crippen molar-refractivity contribution in [2.45, 2.75) is 335 Å². The van der Waals surface area contributed by atoms with Gasteiger partial charge in [-0.1, -0.05) is 305 Å². The molecule has 0 saturated heterocycles. The van der Waals surface area contributed by atoms with Crippen LogP contribution in [0.5, 0.6) is 0 Å². The number of unbranched alkanes of at least 4 members (excludes halogenated alkanes) is 35. The molecule has 1 atom stereocenters. The van der Waals surface area contributed by atoms with Crippen LogP contribution in [0.15, 0.2) is 85.1 Å². The van der Waals surface area contributed by atoms with Crippen molar-refractivity contribution < 1.29 is 28.6 Å². The Balaban J connectivity index is 4.03. The second-order valence-electron chi connectivity index (χ2n) is 22.0. The highest BCUT2D eigenvalue weighted by Crippen LogP contribution is 2.17. The van der Waals surface area contributed by atoms with Gasteiger partial charge in [-0.3, -0.25) is 14.4 Å². The van der Waals surface area contributed by atoms with Crippen LogP contribution in [0.4, 0.5) is 0 Å². The third-order valence-corrected chi connectivity index (χ3v) is 14.4. The van der Waals surface area contributed by atoms with Crippen LogP contribution in [0.25, 0.3) is 0 Å². The second-order valence-corrected chi connectivity index (χ2v) is 22.0. The summed E-state index contributed by atoms with van der Waals surface area (Å²) in [5, 5.41) is 0. The fraction of sp³-hybridized carbons (Fsp3) is 0.761. The minimum Gasteiger partial charge on any atom is -0.462 e. The fourth-order valence-electron chi connectivity index (χ4n) is 9.51. The Hall–Kier alpha value is -3.41. The number of ether oxygens (including phenoxy) is 3. The molecule has 0 heterocycles. The summed E-state index contributed by atoms with van der Waals surface area (Å²) in [6.07, 6.45) is 86.3. The molecule has 0 aromatic carbocycles. The zero-order chi connectivity index (χ0) is 55.7. The van der Waals surface area contributed by atoms with Gasteiger partial charge in [-0.2, -0.15) is 0 Å². The van der Waals surface area contributed by atoms with Crippen LogP contribution in [0.1, 0.15) is 329 Å². The van der Waals surface area contributed by atoms with Gasteiger partial charge in [0.2, 0.25) is 0 Å². The van der Waals surface area contributed by atoms with Crippen LogP contribution in [0, 0.1) is 0 Å². The lowest BCUT2D eigenvalue weighted by Gasteiger charge is -2.18. The van der Waals surface area contributed by atoms with E-state index in [9.17, 15) is 14.4 Å². The molecule has 0 fully saturated rings. The summed E-state index contributed by atoms with van der Waals surface area (Å²) in [6.45, 7) is 6.41. The van der Waals surface area contributed by atoms with Crippen LogP contribution in [0.2, 0.25) is 0 Å².